The van der Waals surface area contributed by atoms with Crippen molar-refractivity contribution in [1.82, 2.24) is 0 Å². The number of allylic oxidation sites excluding steroid dienone is 6. The van der Waals surface area contributed by atoms with E-state index in [1.54, 1.807) is 0 Å². The van der Waals surface area contributed by atoms with Gasteiger partial charge in [0.1, 0.15) is 12.7 Å². The first-order chi connectivity index (χ1) is 33.2. The Bertz CT molecular complexity index is 1280. The molecule has 0 aromatic carbocycles. The fourth-order valence-electron chi connectivity index (χ4n) is 7.84. The highest BCUT2D eigenvalue weighted by Gasteiger charge is 2.28. The van der Waals surface area contributed by atoms with Crippen molar-refractivity contribution in [2.75, 3.05) is 26.4 Å². The highest BCUT2D eigenvalue weighted by Crippen LogP contribution is 2.43. The second-order valence-electron chi connectivity index (χ2n) is 18.7. The van der Waals surface area contributed by atoms with Crippen molar-refractivity contribution in [2.24, 2.45) is 0 Å². The molecule has 0 saturated heterocycles. The van der Waals surface area contributed by atoms with Crippen molar-refractivity contribution in [1.29, 1.82) is 0 Å². The Hall–Kier alpha value is -2.30. The van der Waals surface area contributed by atoms with Crippen LogP contribution in [0.25, 0.3) is 0 Å². The summed E-state index contributed by atoms with van der Waals surface area (Å²) in [6.07, 6.45) is 51.1. The molecule has 0 amide bonds. The molecule has 0 aromatic rings. The molecule has 0 fully saturated rings. The van der Waals surface area contributed by atoms with Crippen LogP contribution in [0, 0.1) is 0 Å². The molecule has 0 rings (SSSR count). The van der Waals surface area contributed by atoms with Crippen LogP contribution in [0.15, 0.2) is 36.5 Å². The SMILES string of the molecule is CC/C=C\C/C=C\C/C=C\CCCCCC(=O)OCC(COP(=O)(O)OCC(CO)OC(=O)CCCCCCCCCCCCC)OC(=O)CCCCCCCCCCCCCCCCCCC. The van der Waals surface area contributed by atoms with Gasteiger partial charge < -0.3 is 24.2 Å². The van der Waals surface area contributed by atoms with E-state index in [1.165, 1.54) is 128 Å². The summed E-state index contributed by atoms with van der Waals surface area (Å²) in [7, 11) is -4.74. The van der Waals surface area contributed by atoms with Crippen LogP contribution >= 0.6 is 7.82 Å². The first-order valence-electron chi connectivity index (χ1n) is 27.9. The standard InChI is InChI=1S/C56H103O11P/c1-4-7-10-13-16-19-22-24-25-26-27-29-32-35-38-41-44-47-56(60)67-53(49-63-54(58)45-42-39-36-33-31-28-23-20-17-14-11-8-5-2)51-65-68(61,62)64-50-52(48-57)66-55(59)46-43-40-37-34-30-21-18-15-12-9-6-3/h8,11,17,20,28,31,52-53,57H,4-7,9-10,12-16,18-19,21-27,29-30,32-51H2,1-3H3,(H,61,62)/b11-8-,20-17-,31-28-. The maximum Gasteiger partial charge on any atom is 0.472 e. The van der Waals surface area contributed by atoms with Gasteiger partial charge in [0.15, 0.2) is 6.10 Å². The van der Waals surface area contributed by atoms with E-state index in [4.69, 9.17) is 23.3 Å². The maximum absolute atomic E-state index is 12.9. The first-order valence-corrected chi connectivity index (χ1v) is 29.4. The van der Waals surface area contributed by atoms with Gasteiger partial charge in [-0.15, -0.1) is 0 Å². The summed E-state index contributed by atoms with van der Waals surface area (Å²) in [6, 6.07) is 0. The van der Waals surface area contributed by atoms with Crippen molar-refractivity contribution in [3.05, 3.63) is 36.5 Å². The highest BCUT2D eigenvalue weighted by atomic mass is 31.2. The van der Waals surface area contributed by atoms with Crippen LogP contribution in [0.3, 0.4) is 0 Å². The van der Waals surface area contributed by atoms with Crippen LogP contribution in [-0.2, 0) is 42.2 Å². The molecule has 0 aliphatic heterocycles. The van der Waals surface area contributed by atoms with Gasteiger partial charge in [-0.2, -0.15) is 0 Å². The molecule has 0 radical (unpaired) electrons. The molecule has 0 aromatic heterocycles. The Labute approximate surface area is 416 Å². The zero-order valence-corrected chi connectivity index (χ0v) is 44.7. The number of carbonyl (C=O) groups is 3. The van der Waals surface area contributed by atoms with Crippen molar-refractivity contribution in [2.45, 2.75) is 277 Å². The van der Waals surface area contributed by atoms with Crippen molar-refractivity contribution >= 4 is 25.7 Å². The zero-order chi connectivity index (χ0) is 49.9. The molecule has 3 atom stereocenters. The quantitative estimate of drug-likeness (QED) is 0.0197. The van der Waals surface area contributed by atoms with E-state index in [0.717, 1.165) is 77.0 Å². The van der Waals surface area contributed by atoms with Crippen molar-refractivity contribution in [3.63, 3.8) is 0 Å². The Morgan fingerprint density at radius 2 is 0.765 bits per heavy atom. The van der Waals surface area contributed by atoms with Gasteiger partial charge in [0.25, 0.3) is 0 Å². The Kier molecular flexibility index (Phi) is 49.3. The topological polar surface area (TPSA) is 155 Å². The van der Waals surface area contributed by atoms with Crippen LogP contribution < -0.4 is 0 Å². The monoisotopic (exact) mass is 983 g/mol. The molecular formula is C56H103O11P. The smallest absolute Gasteiger partial charge is 0.462 e. The number of hydrogen-bond acceptors (Lipinski definition) is 10. The van der Waals surface area contributed by atoms with E-state index in [9.17, 15) is 28.9 Å². The van der Waals surface area contributed by atoms with Crippen LogP contribution in [-0.4, -0.2) is 66.5 Å². The van der Waals surface area contributed by atoms with E-state index in [0.29, 0.717) is 19.3 Å². The Balaban J connectivity index is 4.72. The second-order valence-corrected chi connectivity index (χ2v) is 20.2. The molecule has 2 N–H and O–H groups in total. The van der Waals surface area contributed by atoms with Gasteiger partial charge in [0, 0.05) is 19.3 Å². The predicted octanol–water partition coefficient (Wildman–Crippen LogP) is 16.0. The summed E-state index contributed by atoms with van der Waals surface area (Å²) in [5, 5.41) is 9.78. The number of phosphoric ester groups is 1. The molecule has 0 spiro atoms. The second kappa shape index (κ2) is 51.1. The number of aliphatic hydroxyl groups is 1. The summed E-state index contributed by atoms with van der Waals surface area (Å²) in [6.45, 7) is 4.52. The lowest BCUT2D eigenvalue weighted by molar-refractivity contribution is -0.161. The van der Waals surface area contributed by atoms with E-state index >= 15 is 0 Å². The lowest BCUT2D eigenvalue weighted by atomic mass is 10.0. The third-order valence-electron chi connectivity index (χ3n) is 12.1. The average Bonchev–Trinajstić information content (AvgIpc) is 3.32. The zero-order valence-electron chi connectivity index (χ0n) is 43.8. The minimum absolute atomic E-state index is 0.167. The molecular weight excluding hydrogens is 880 g/mol. The van der Waals surface area contributed by atoms with E-state index in [1.807, 2.05) is 0 Å². The predicted molar refractivity (Wildman–Crippen MR) is 279 cm³/mol. The summed E-state index contributed by atoms with van der Waals surface area (Å²) in [5.41, 5.74) is 0. The van der Waals surface area contributed by atoms with Gasteiger partial charge in [-0.25, -0.2) is 4.57 Å². The minimum atomic E-state index is -4.74. The van der Waals surface area contributed by atoms with Gasteiger partial charge in [0.05, 0.1) is 19.8 Å². The van der Waals surface area contributed by atoms with Gasteiger partial charge in [-0.05, 0) is 51.4 Å². The van der Waals surface area contributed by atoms with Gasteiger partial charge in [0.2, 0.25) is 0 Å². The van der Waals surface area contributed by atoms with Crippen LogP contribution in [0.2, 0.25) is 0 Å². The molecule has 3 unspecified atom stereocenters. The van der Waals surface area contributed by atoms with Gasteiger partial charge in [-0.1, -0.05) is 231 Å². The van der Waals surface area contributed by atoms with Gasteiger partial charge in [-0.3, -0.25) is 23.4 Å². The van der Waals surface area contributed by atoms with Crippen LogP contribution in [0.5, 0.6) is 0 Å². The molecule has 12 heteroatoms. The fraction of sp³-hybridized carbons (Fsp3) is 0.839. The fourth-order valence-corrected chi connectivity index (χ4v) is 8.63. The number of unbranched alkanes of at least 4 members (excludes halogenated alkanes) is 29. The highest BCUT2D eigenvalue weighted by molar-refractivity contribution is 7.47. The average molecular weight is 983 g/mol. The van der Waals surface area contributed by atoms with E-state index in [-0.39, 0.29) is 25.9 Å². The number of rotatable bonds is 52. The molecule has 0 aliphatic rings. The number of aliphatic hydroxyl groups excluding tert-OH is 1. The largest absolute Gasteiger partial charge is 0.472 e. The number of esters is 3. The van der Waals surface area contributed by atoms with E-state index < -0.39 is 57.8 Å². The molecule has 0 heterocycles. The lowest BCUT2D eigenvalue weighted by Crippen LogP contribution is -2.30. The molecule has 0 saturated carbocycles. The van der Waals surface area contributed by atoms with Crippen LogP contribution in [0.4, 0.5) is 0 Å². The number of hydrogen-bond donors (Lipinski definition) is 2. The summed E-state index contributed by atoms with van der Waals surface area (Å²) in [4.78, 5) is 48.4. The Morgan fingerprint density at radius 3 is 1.18 bits per heavy atom. The van der Waals surface area contributed by atoms with E-state index in [2.05, 4.69) is 57.2 Å². The third kappa shape index (κ3) is 48.7. The lowest BCUT2D eigenvalue weighted by Gasteiger charge is -2.21. The molecule has 0 bridgehead atoms. The Morgan fingerprint density at radius 1 is 0.426 bits per heavy atom. The van der Waals surface area contributed by atoms with Crippen molar-refractivity contribution < 1.29 is 52.2 Å². The molecule has 11 nitrogen and oxygen atoms in total. The molecule has 68 heavy (non-hydrogen) atoms. The maximum atomic E-state index is 12.9. The summed E-state index contributed by atoms with van der Waals surface area (Å²) >= 11 is 0. The number of phosphoric acid groups is 1. The van der Waals surface area contributed by atoms with Gasteiger partial charge >= 0.3 is 25.7 Å². The number of carbonyl (C=O) groups excluding carboxylic acids is 3. The summed E-state index contributed by atoms with van der Waals surface area (Å²) < 4.78 is 39.4. The minimum Gasteiger partial charge on any atom is -0.462 e. The number of ether oxygens (including phenoxy) is 3. The normalized spacial score (nSPS) is 13.7. The molecule has 398 valence electrons. The first kappa shape index (κ1) is 65.7. The third-order valence-corrected chi connectivity index (χ3v) is 13.0. The summed E-state index contributed by atoms with van der Waals surface area (Å²) in [5.74, 6) is -1.48. The van der Waals surface area contributed by atoms with Crippen molar-refractivity contribution in [3.8, 4) is 0 Å². The molecule has 0 aliphatic carbocycles. The van der Waals surface area contributed by atoms with Crippen LogP contribution in [0.1, 0.15) is 265 Å².